The van der Waals surface area contributed by atoms with Crippen LogP contribution in [0.15, 0.2) is 4.76 Å². The van der Waals surface area contributed by atoms with Crippen LogP contribution in [-0.2, 0) is 13.6 Å². The van der Waals surface area contributed by atoms with Gasteiger partial charge in [0.2, 0.25) is 0 Å². The molecule has 0 amide bonds. The van der Waals surface area contributed by atoms with E-state index in [9.17, 15) is 4.57 Å². The molecule has 1 fully saturated rings. The molecule has 1 saturated heterocycles. The van der Waals surface area contributed by atoms with Crippen LogP contribution in [0.3, 0.4) is 0 Å². The summed E-state index contributed by atoms with van der Waals surface area (Å²) in [5, 5.41) is 0. The standard InChI is InChI=1S/C14H29N2O3P/c1-11-9-10-16(8)12(11)15-20(17,18-13(2,3)4)19-14(5,6)7/h11H,9-10H2,1-8H3/b15-12+. The number of likely N-dealkylation sites (tertiary alicyclic amines) is 1. The van der Waals surface area contributed by atoms with E-state index in [1.165, 1.54) is 0 Å². The quantitative estimate of drug-likeness (QED) is 0.737. The van der Waals surface area contributed by atoms with E-state index in [4.69, 9.17) is 9.05 Å². The predicted octanol–water partition coefficient (Wildman–Crippen LogP) is 4.09. The monoisotopic (exact) mass is 304 g/mol. The molecule has 1 aliphatic heterocycles. The van der Waals surface area contributed by atoms with Gasteiger partial charge in [-0.2, -0.15) is 4.76 Å². The summed E-state index contributed by atoms with van der Waals surface area (Å²) in [4.78, 5) is 2.02. The minimum Gasteiger partial charge on any atom is -0.363 e. The third kappa shape index (κ3) is 5.55. The van der Waals surface area contributed by atoms with Crippen LogP contribution in [0.2, 0.25) is 0 Å². The fourth-order valence-electron chi connectivity index (χ4n) is 2.06. The molecule has 5 nitrogen and oxygen atoms in total. The molecule has 1 atom stereocenters. The lowest BCUT2D eigenvalue weighted by molar-refractivity contribution is 0.0494. The average molecular weight is 304 g/mol. The van der Waals surface area contributed by atoms with Crippen molar-refractivity contribution in [3.8, 4) is 0 Å². The zero-order valence-electron chi connectivity index (χ0n) is 14.1. The molecule has 0 saturated carbocycles. The molecule has 6 heteroatoms. The summed E-state index contributed by atoms with van der Waals surface area (Å²) in [5.74, 6) is 1.09. The van der Waals surface area contributed by atoms with Crippen molar-refractivity contribution in [1.29, 1.82) is 0 Å². The van der Waals surface area contributed by atoms with Crippen LogP contribution >= 0.6 is 7.75 Å². The summed E-state index contributed by atoms with van der Waals surface area (Å²) in [6.07, 6.45) is 1.01. The second-order valence-corrected chi connectivity index (χ2v) is 8.95. The van der Waals surface area contributed by atoms with Gasteiger partial charge < -0.3 is 4.90 Å². The number of hydrogen-bond donors (Lipinski definition) is 0. The predicted molar refractivity (Wildman–Crippen MR) is 83.1 cm³/mol. The molecule has 0 aliphatic carbocycles. The Balaban J connectivity index is 3.11. The molecule has 20 heavy (non-hydrogen) atoms. The van der Waals surface area contributed by atoms with Gasteiger partial charge in [0.25, 0.3) is 0 Å². The number of amidine groups is 1. The fraction of sp³-hybridized carbons (Fsp3) is 0.929. The first kappa shape index (κ1) is 17.7. The Kier molecular flexibility index (Phi) is 5.11. The molecule has 0 aromatic rings. The molecule has 0 aromatic heterocycles. The highest BCUT2D eigenvalue weighted by molar-refractivity contribution is 7.52. The molecule has 1 aliphatic rings. The molecular formula is C14H29N2O3P. The van der Waals surface area contributed by atoms with Crippen LogP contribution < -0.4 is 0 Å². The Hall–Kier alpha value is -0.380. The van der Waals surface area contributed by atoms with Gasteiger partial charge >= 0.3 is 7.75 Å². The van der Waals surface area contributed by atoms with E-state index in [2.05, 4.69) is 11.7 Å². The van der Waals surface area contributed by atoms with Crippen molar-refractivity contribution in [2.24, 2.45) is 10.7 Å². The SMILES string of the molecule is CC1CCN(C)/C1=N/P(=O)(OC(C)(C)C)OC(C)(C)C. The minimum atomic E-state index is -3.54. The molecule has 1 rings (SSSR count). The van der Waals surface area contributed by atoms with Gasteiger partial charge in [0.1, 0.15) is 5.84 Å². The molecule has 0 spiro atoms. The third-order valence-electron chi connectivity index (χ3n) is 2.73. The maximum Gasteiger partial charge on any atom is 0.456 e. The Morgan fingerprint density at radius 3 is 1.90 bits per heavy atom. The maximum absolute atomic E-state index is 13.0. The van der Waals surface area contributed by atoms with Crippen LogP contribution in [0.25, 0.3) is 0 Å². The van der Waals surface area contributed by atoms with E-state index < -0.39 is 18.9 Å². The van der Waals surface area contributed by atoms with Crippen molar-refractivity contribution in [3.63, 3.8) is 0 Å². The first-order chi connectivity index (χ1) is 8.81. The molecule has 0 aromatic carbocycles. The molecule has 118 valence electrons. The molecule has 0 bridgehead atoms. The first-order valence-corrected chi connectivity index (χ1v) is 8.64. The summed E-state index contributed by atoms with van der Waals surface area (Å²) in [7, 11) is -1.58. The van der Waals surface area contributed by atoms with Gasteiger partial charge in [0.15, 0.2) is 0 Å². The van der Waals surface area contributed by atoms with Crippen LogP contribution in [0, 0.1) is 5.92 Å². The Bertz CT molecular complexity index is 389. The van der Waals surface area contributed by atoms with Crippen molar-refractivity contribution >= 4 is 13.6 Å². The van der Waals surface area contributed by atoms with Gasteiger partial charge in [-0.25, -0.2) is 4.57 Å². The lowest BCUT2D eigenvalue weighted by atomic mass is 10.1. The van der Waals surface area contributed by atoms with Gasteiger partial charge in [0, 0.05) is 19.5 Å². The average Bonchev–Trinajstić information content (AvgIpc) is 2.42. The lowest BCUT2D eigenvalue weighted by Gasteiger charge is -2.30. The van der Waals surface area contributed by atoms with Gasteiger partial charge in [-0.1, -0.05) is 6.92 Å². The summed E-state index contributed by atoms with van der Waals surface area (Å²) in [6.45, 7) is 14.1. The highest BCUT2D eigenvalue weighted by Crippen LogP contribution is 2.56. The van der Waals surface area contributed by atoms with E-state index in [0.717, 1.165) is 18.8 Å². The maximum atomic E-state index is 13.0. The van der Waals surface area contributed by atoms with E-state index in [1.54, 1.807) is 0 Å². The number of nitrogens with zero attached hydrogens (tertiary/aromatic N) is 2. The van der Waals surface area contributed by atoms with Crippen LogP contribution in [0.5, 0.6) is 0 Å². The molecule has 0 radical (unpaired) electrons. The zero-order valence-corrected chi connectivity index (χ0v) is 15.0. The lowest BCUT2D eigenvalue weighted by Crippen LogP contribution is -2.26. The third-order valence-corrected chi connectivity index (χ3v) is 4.74. The van der Waals surface area contributed by atoms with Crippen molar-refractivity contribution in [2.75, 3.05) is 13.6 Å². The number of hydrogen-bond acceptors (Lipinski definition) is 3. The largest absolute Gasteiger partial charge is 0.456 e. The van der Waals surface area contributed by atoms with Crippen LogP contribution in [-0.4, -0.2) is 35.5 Å². The highest BCUT2D eigenvalue weighted by atomic mass is 31.2. The van der Waals surface area contributed by atoms with E-state index >= 15 is 0 Å². The van der Waals surface area contributed by atoms with Crippen molar-refractivity contribution < 1.29 is 13.6 Å². The Morgan fingerprint density at radius 2 is 1.60 bits per heavy atom. The minimum absolute atomic E-state index is 0.278. The second kappa shape index (κ2) is 5.78. The Labute approximate surface area is 123 Å². The summed E-state index contributed by atoms with van der Waals surface area (Å²) < 4.78 is 28.8. The Morgan fingerprint density at radius 1 is 1.15 bits per heavy atom. The van der Waals surface area contributed by atoms with Crippen LogP contribution in [0.1, 0.15) is 54.9 Å². The number of rotatable bonds is 3. The van der Waals surface area contributed by atoms with Gasteiger partial charge in [-0.15, -0.1) is 0 Å². The van der Waals surface area contributed by atoms with Crippen molar-refractivity contribution in [1.82, 2.24) is 4.90 Å². The highest BCUT2D eigenvalue weighted by Gasteiger charge is 2.37. The fourth-order valence-corrected chi connectivity index (χ4v) is 4.16. The molecular weight excluding hydrogens is 275 g/mol. The smallest absolute Gasteiger partial charge is 0.363 e. The van der Waals surface area contributed by atoms with Crippen LogP contribution in [0.4, 0.5) is 0 Å². The molecule has 0 N–H and O–H groups in total. The van der Waals surface area contributed by atoms with Crippen molar-refractivity contribution in [3.05, 3.63) is 0 Å². The molecule has 1 heterocycles. The van der Waals surface area contributed by atoms with E-state index in [0.29, 0.717) is 0 Å². The molecule has 1 unspecified atom stereocenters. The second-order valence-electron chi connectivity index (χ2n) is 7.45. The van der Waals surface area contributed by atoms with Crippen molar-refractivity contribution in [2.45, 2.75) is 66.1 Å². The normalized spacial score (nSPS) is 23.7. The topological polar surface area (TPSA) is 51.1 Å². The summed E-state index contributed by atoms with van der Waals surface area (Å²) in [5.41, 5.74) is -1.16. The first-order valence-electron chi connectivity index (χ1n) is 7.14. The van der Waals surface area contributed by atoms with Gasteiger partial charge in [0.05, 0.1) is 11.2 Å². The van der Waals surface area contributed by atoms with E-state index in [-0.39, 0.29) is 5.92 Å². The summed E-state index contributed by atoms with van der Waals surface area (Å²) in [6, 6.07) is 0. The summed E-state index contributed by atoms with van der Waals surface area (Å²) >= 11 is 0. The van der Waals surface area contributed by atoms with Gasteiger partial charge in [-0.3, -0.25) is 9.05 Å². The van der Waals surface area contributed by atoms with Gasteiger partial charge in [-0.05, 0) is 48.0 Å². The zero-order chi connectivity index (χ0) is 15.8. The van der Waals surface area contributed by atoms with E-state index in [1.807, 2.05) is 53.5 Å².